The van der Waals surface area contributed by atoms with Gasteiger partial charge < -0.3 is 15.2 Å². The van der Waals surface area contributed by atoms with Crippen LogP contribution in [0.5, 0.6) is 0 Å². The van der Waals surface area contributed by atoms with Crippen molar-refractivity contribution < 1.29 is 19.4 Å². The van der Waals surface area contributed by atoms with Crippen molar-refractivity contribution in [2.45, 2.75) is 39.3 Å². The minimum Gasteiger partial charge on any atom is -0.480 e. The molecule has 2 N–H and O–H groups in total. The third kappa shape index (κ3) is 2.95. The molecule has 0 aliphatic carbocycles. The Labute approximate surface area is 95.2 Å². The number of amides is 1. The van der Waals surface area contributed by atoms with E-state index in [-0.39, 0.29) is 23.8 Å². The molecule has 1 fully saturated rings. The highest BCUT2D eigenvalue weighted by atomic mass is 16.5. The van der Waals surface area contributed by atoms with E-state index >= 15 is 0 Å². The smallest absolute Gasteiger partial charge is 0.325 e. The van der Waals surface area contributed by atoms with E-state index < -0.39 is 12.0 Å². The predicted molar refractivity (Wildman–Crippen MR) is 57.9 cm³/mol. The van der Waals surface area contributed by atoms with Crippen LogP contribution in [0, 0.1) is 11.8 Å². The predicted octanol–water partition coefficient (Wildman–Crippen LogP) is 0.637. The number of carboxylic acid groups (broad SMARTS) is 1. The van der Waals surface area contributed by atoms with Crippen molar-refractivity contribution >= 4 is 11.9 Å². The second-order valence-corrected chi connectivity index (χ2v) is 4.54. The number of carbonyl (C=O) groups excluding carboxylic acids is 1. The molecule has 2 unspecified atom stereocenters. The first-order chi connectivity index (χ1) is 7.43. The van der Waals surface area contributed by atoms with E-state index in [1.165, 1.54) is 6.92 Å². The Morgan fingerprint density at radius 3 is 2.50 bits per heavy atom. The van der Waals surface area contributed by atoms with Crippen molar-refractivity contribution in [1.82, 2.24) is 5.32 Å². The third-order valence-electron chi connectivity index (χ3n) is 2.86. The average Bonchev–Trinajstić information content (AvgIpc) is 2.65. The van der Waals surface area contributed by atoms with Crippen LogP contribution in [0.3, 0.4) is 0 Å². The van der Waals surface area contributed by atoms with Gasteiger partial charge in [0.1, 0.15) is 6.04 Å². The number of aliphatic carboxylic acids is 1. The Hall–Kier alpha value is -1.10. The number of hydrogen-bond donors (Lipinski definition) is 2. The quantitative estimate of drug-likeness (QED) is 0.741. The number of carboxylic acids is 1. The fraction of sp³-hybridized carbons (Fsp3) is 0.818. The lowest BCUT2D eigenvalue weighted by molar-refractivity contribution is -0.142. The molecule has 5 heteroatoms. The molecule has 5 nitrogen and oxygen atoms in total. The minimum atomic E-state index is -1.02. The fourth-order valence-electron chi connectivity index (χ4n) is 1.93. The summed E-state index contributed by atoms with van der Waals surface area (Å²) in [5.74, 6) is -1.19. The molecule has 1 amide bonds. The monoisotopic (exact) mass is 229 g/mol. The number of nitrogens with one attached hydrogen (secondary N) is 1. The van der Waals surface area contributed by atoms with Gasteiger partial charge in [-0.3, -0.25) is 9.59 Å². The Balaban J connectivity index is 2.56. The highest BCUT2D eigenvalue weighted by Gasteiger charge is 2.36. The fourth-order valence-corrected chi connectivity index (χ4v) is 1.93. The van der Waals surface area contributed by atoms with Gasteiger partial charge in [0.15, 0.2) is 0 Å². The molecule has 1 aliphatic heterocycles. The van der Waals surface area contributed by atoms with E-state index in [9.17, 15) is 9.59 Å². The van der Waals surface area contributed by atoms with Gasteiger partial charge in [0, 0.05) is 6.61 Å². The summed E-state index contributed by atoms with van der Waals surface area (Å²) in [5, 5.41) is 11.2. The molecule has 0 saturated carbocycles. The summed E-state index contributed by atoms with van der Waals surface area (Å²) in [4.78, 5) is 22.4. The summed E-state index contributed by atoms with van der Waals surface area (Å²) in [5.41, 5.74) is 0. The van der Waals surface area contributed by atoms with Crippen LogP contribution >= 0.6 is 0 Å². The molecule has 1 aliphatic rings. The van der Waals surface area contributed by atoms with Gasteiger partial charge in [-0.15, -0.1) is 0 Å². The highest BCUT2D eigenvalue weighted by molar-refractivity contribution is 5.85. The molecule has 0 aromatic heterocycles. The maximum absolute atomic E-state index is 11.8. The minimum absolute atomic E-state index is 0.0963. The molecular weight excluding hydrogens is 210 g/mol. The van der Waals surface area contributed by atoms with E-state index in [4.69, 9.17) is 9.84 Å². The van der Waals surface area contributed by atoms with Crippen LogP contribution in [0.2, 0.25) is 0 Å². The number of ether oxygens (including phenoxy) is 1. The lowest BCUT2D eigenvalue weighted by Gasteiger charge is -2.22. The van der Waals surface area contributed by atoms with E-state index in [0.717, 1.165) is 0 Å². The summed E-state index contributed by atoms with van der Waals surface area (Å²) in [6, 6.07) is -0.846. The Kier molecular flexibility index (Phi) is 4.29. The standard InChI is InChI=1S/C11H19NO4/c1-6(2)9-8(4-5-16-9)10(13)12-7(3)11(14)15/h6-9H,4-5H2,1-3H3,(H,12,13)(H,14,15)/t7-,8?,9?/m0/s1. The Bertz CT molecular complexity index is 277. The third-order valence-corrected chi connectivity index (χ3v) is 2.86. The maximum Gasteiger partial charge on any atom is 0.325 e. The van der Waals surface area contributed by atoms with Crippen LogP contribution in [0.4, 0.5) is 0 Å². The number of rotatable bonds is 4. The molecule has 0 aromatic rings. The lowest BCUT2D eigenvalue weighted by Crippen LogP contribution is -2.44. The first-order valence-corrected chi connectivity index (χ1v) is 5.58. The molecule has 0 spiro atoms. The molecule has 0 aromatic carbocycles. The van der Waals surface area contributed by atoms with Gasteiger partial charge in [0.05, 0.1) is 12.0 Å². The summed E-state index contributed by atoms with van der Waals surface area (Å²) < 4.78 is 5.48. The van der Waals surface area contributed by atoms with Crippen molar-refractivity contribution in [1.29, 1.82) is 0 Å². The van der Waals surface area contributed by atoms with Gasteiger partial charge in [-0.05, 0) is 19.3 Å². The SMILES string of the molecule is CC(C)C1OCCC1C(=O)N[C@@H](C)C(=O)O. The Morgan fingerprint density at radius 2 is 2.00 bits per heavy atom. The topological polar surface area (TPSA) is 75.6 Å². The summed E-state index contributed by atoms with van der Waals surface area (Å²) >= 11 is 0. The van der Waals surface area contributed by atoms with Crippen molar-refractivity contribution in [3.63, 3.8) is 0 Å². The molecule has 1 rings (SSSR count). The van der Waals surface area contributed by atoms with Gasteiger partial charge in [-0.1, -0.05) is 13.8 Å². The number of hydrogen-bond acceptors (Lipinski definition) is 3. The van der Waals surface area contributed by atoms with Gasteiger partial charge in [-0.2, -0.15) is 0 Å². The van der Waals surface area contributed by atoms with Crippen LogP contribution in [0.25, 0.3) is 0 Å². The zero-order valence-corrected chi connectivity index (χ0v) is 9.90. The summed E-state index contributed by atoms with van der Waals surface area (Å²) in [7, 11) is 0. The Morgan fingerprint density at radius 1 is 1.38 bits per heavy atom. The lowest BCUT2D eigenvalue weighted by atomic mass is 9.92. The van der Waals surface area contributed by atoms with Crippen molar-refractivity contribution in [2.24, 2.45) is 11.8 Å². The zero-order chi connectivity index (χ0) is 12.3. The van der Waals surface area contributed by atoms with E-state index in [1.807, 2.05) is 13.8 Å². The van der Waals surface area contributed by atoms with Gasteiger partial charge in [0.2, 0.25) is 5.91 Å². The first kappa shape index (κ1) is 13.0. The molecule has 92 valence electrons. The summed E-state index contributed by atoms with van der Waals surface area (Å²) in [6.07, 6.45) is 0.571. The van der Waals surface area contributed by atoms with Crippen molar-refractivity contribution in [2.75, 3.05) is 6.61 Å². The van der Waals surface area contributed by atoms with Gasteiger partial charge >= 0.3 is 5.97 Å². The second kappa shape index (κ2) is 5.30. The molecule has 0 radical (unpaired) electrons. The average molecular weight is 229 g/mol. The van der Waals surface area contributed by atoms with Crippen LogP contribution in [0.1, 0.15) is 27.2 Å². The summed E-state index contributed by atoms with van der Waals surface area (Å²) in [6.45, 7) is 6.02. The maximum atomic E-state index is 11.8. The van der Waals surface area contributed by atoms with Crippen LogP contribution < -0.4 is 5.32 Å². The zero-order valence-electron chi connectivity index (χ0n) is 9.90. The molecule has 1 heterocycles. The number of carbonyl (C=O) groups is 2. The van der Waals surface area contributed by atoms with Crippen molar-refractivity contribution in [3.05, 3.63) is 0 Å². The van der Waals surface area contributed by atoms with Crippen LogP contribution in [0.15, 0.2) is 0 Å². The van der Waals surface area contributed by atoms with E-state index in [0.29, 0.717) is 13.0 Å². The molecular formula is C11H19NO4. The van der Waals surface area contributed by atoms with Gasteiger partial charge in [-0.25, -0.2) is 0 Å². The second-order valence-electron chi connectivity index (χ2n) is 4.54. The van der Waals surface area contributed by atoms with Crippen LogP contribution in [-0.4, -0.2) is 35.7 Å². The van der Waals surface area contributed by atoms with Gasteiger partial charge in [0.25, 0.3) is 0 Å². The highest BCUT2D eigenvalue weighted by Crippen LogP contribution is 2.26. The molecule has 1 saturated heterocycles. The largest absolute Gasteiger partial charge is 0.480 e. The van der Waals surface area contributed by atoms with Crippen molar-refractivity contribution in [3.8, 4) is 0 Å². The van der Waals surface area contributed by atoms with E-state index in [1.54, 1.807) is 0 Å². The first-order valence-electron chi connectivity index (χ1n) is 5.58. The molecule has 0 bridgehead atoms. The van der Waals surface area contributed by atoms with Crippen LogP contribution in [-0.2, 0) is 14.3 Å². The molecule has 16 heavy (non-hydrogen) atoms. The molecule has 3 atom stereocenters. The van der Waals surface area contributed by atoms with E-state index in [2.05, 4.69) is 5.32 Å². The normalized spacial score (nSPS) is 26.8.